The number of nitrogens with two attached hydrogens (primary N) is 2. The Kier molecular flexibility index (Phi) is 4.03. The summed E-state index contributed by atoms with van der Waals surface area (Å²) in [5.41, 5.74) is 5.14. The molecule has 21 heavy (non-hydrogen) atoms. The molecule has 1 amide bonds. The van der Waals surface area contributed by atoms with Gasteiger partial charge in [0.15, 0.2) is 0 Å². The van der Waals surface area contributed by atoms with E-state index in [4.69, 9.17) is 10.9 Å². The van der Waals surface area contributed by atoms with Crippen molar-refractivity contribution in [1.82, 2.24) is 8.87 Å². The normalized spacial score (nSPS) is 19.0. The Balaban J connectivity index is 2.52. The molecule has 0 saturated carbocycles. The lowest BCUT2D eigenvalue weighted by atomic mass is 10.0. The van der Waals surface area contributed by atoms with Crippen molar-refractivity contribution in [3.63, 3.8) is 0 Å². The van der Waals surface area contributed by atoms with Gasteiger partial charge in [0.05, 0.1) is 12.6 Å². The van der Waals surface area contributed by atoms with E-state index in [1.807, 2.05) is 0 Å². The molecule has 1 atom stereocenters. The molecule has 116 valence electrons. The zero-order chi connectivity index (χ0) is 15.8. The number of rotatable bonds is 4. The molecule has 5 N–H and O–H groups in total. The topological polar surface area (TPSA) is 149 Å². The van der Waals surface area contributed by atoms with Gasteiger partial charge in [0.2, 0.25) is 5.91 Å². The zero-order valence-corrected chi connectivity index (χ0v) is 11.9. The maximum atomic E-state index is 11.8. The summed E-state index contributed by atoms with van der Waals surface area (Å²) in [6.45, 7) is 0.273. The van der Waals surface area contributed by atoms with Crippen molar-refractivity contribution in [2.75, 3.05) is 13.1 Å². The molecule has 1 saturated heterocycles. The van der Waals surface area contributed by atoms with Crippen molar-refractivity contribution in [2.24, 2.45) is 10.9 Å². The van der Waals surface area contributed by atoms with Crippen LogP contribution in [0.15, 0.2) is 12.3 Å². The molecule has 2 rings (SSSR count). The lowest BCUT2D eigenvalue weighted by Crippen LogP contribution is -2.36. The molecule has 1 aromatic heterocycles. The van der Waals surface area contributed by atoms with Crippen LogP contribution in [0.1, 0.15) is 34.9 Å². The van der Waals surface area contributed by atoms with E-state index in [-0.39, 0.29) is 18.0 Å². The fourth-order valence-electron chi connectivity index (χ4n) is 2.63. The standard InChI is InChI=1S/C11H16N4O5S/c12-6-9(16)14-4-1-2-8(14)7-3-5-15(21(13,19)20)10(7)11(17)18/h3,5,8H,1-2,4,6,12H2,(H,17,18)(H2,13,19,20)/t8-/m0/s1. The van der Waals surface area contributed by atoms with Crippen molar-refractivity contribution in [2.45, 2.75) is 18.9 Å². The lowest BCUT2D eigenvalue weighted by Gasteiger charge is -2.24. The van der Waals surface area contributed by atoms with Crippen LogP contribution in [-0.2, 0) is 15.0 Å². The predicted molar refractivity (Wildman–Crippen MR) is 72.6 cm³/mol. The van der Waals surface area contributed by atoms with E-state index < -0.39 is 27.9 Å². The highest BCUT2D eigenvalue weighted by atomic mass is 32.2. The van der Waals surface area contributed by atoms with Crippen LogP contribution in [0.2, 0.25) is 0 Å². The minimum atomic E-state index is -4.22. The fourth-order valence-corrected chi connectivity index (χ4v) is 3.30. The first kappa shape index (κ1) is 15.5. The van der Waals surface area contributed by atoms with Gasteiger partial charge in [-0.15, -0.1) is 0 Å². The average molecular weight is 316 g/mol. The molecule has 0 spiro atoms. The zero-order valence-electron chi connectivity index (χ0n) is 11.1. The summed E-state index contributed by atoms with van der Waals surface area (Å²) in [6, 6.07) is 0.857. The van der Waals surface area contributed by atoms with Gasteiger partial charge in [-0.05, 0) is 18.9 Å². The van der Waals surface area contributed by atoms with Gasteiger partial charge in [-0.1, -0.05) is 0 Å². The number of carbonyl (C=O) groups excluding carboxylic acids is 1. The highest BCUT2D eigenvalue weighted by molar-refractivity contribution is 7.87. The van der Waals surface area contributed by atoms with Gasteiger partial charge in [0.1, 0.15) is 5.69 Å². The number of amides is 1. The molecule has 2 heterocycles. The molecule has 0 aliphatic carbocycles. The van der Waals surface area contributed by atoms with Crippen molar-refractivity contribution >= 4 is 22.1 Å². The number of aromatic carboxylic acids is 1. The molecule has 1 aliphatic rings. The number of likely N-dealkylation sites (tertiary alicyclic amines) is 1. The van der Waals surface area contributed by atoms with E-state index in [0.29, 0.717) is 23.4 Å². The molecule has 9 nitrogen and oxygen atoms in total. The lowest BCUT2D eigenvalue weighted by molar-refractivity contribution is -0.130. The van der Waals surface area contributed by atoms with Crippen LogP contribution in [0.3, 0.4) is 0 Å². The average Bonchev–Trinajstić information content (AvgIpc) is 3.02. The van der Waals surface area contributed by atoms with Crippen LogP contribution >= 0.6 is 0 Å². The third-order valence-electron chi connectivity index (χ3n) is 3.47. The Morgan fingerprint density at radius 2 is 2.10 bits per heavy atom. The Morgan fingerprint density at radius 3 is 2.62 bits per heavy atom. The SMILES string of the molecule is NCC(=O)N1CCC[C@H]1c1ccn(S(N)(=O)=O)c1C(=O)O. The molecule has 0 aromatic carbocycles. The maximum absolute atomic E-state index is 11.8. The minimum absolute atomic E-state index is 0.186. The molecule has 0 unspecified atom stereocenters. The number of nitrogens with zero attached hydrogens (tertiary/aromatic N) is 2. The third-order valence-corrected chi connectivity index (χ3v) is 4.32. The van der Waals surface area contributed by atoms with E-state index in [1.54, 1.807) is 0 Å². The summed E-state index contributed by atoms with van der Waals surface area (Å²) in [5, 5.41) is 14.3. The van der Waals surface area contributed by atoms with Crippen molar-refractivity contribution in [3.05, 3.63) is 23.5 Å². The molecular weight excluding hydrogens is 300 g/mol. The first-order valence-corrected chi connectivity index (χ1v) is 7.75. The first-order chi connectivity index (χ1) is 9.77. The van der Waals surface area contributed by atoms with Crippen molar-refractivity contribution in [1.29, 1.82) is 0 Å². The van der Waals surface area contributed by atoms with Gasteiger partial charge in [-0.2, -0.15) is 8.42 Å². The number of carbonyl (C=O) groups is 2. The summed E-state index contributed by atoms with van der Waals surface area (Å²) in [4.78, 5) is 24.6. The molecular formula is C11H16N4O5S. The molecule has 1 aromatic rings. The van der Waals surface area contributed by atoms with Gasteiger partial charge >= 0.3 is 16.2 Å². The predicted octanol–water partition coefficient (Wildman–Crippen LogP) is -1.14. The number of hydrogen-bond donors (Lipinski definition) is 3. The highest BCUT2D eigenvalue weighted by Crippen LogP contribution is 2.34. The fraction of sp³-hybridized carbons (Fsp3) is 0.455. The maximum Gasteiger partial charge on any atom is 0.353 e. The number of carboxylic acid groups (broad SMARTS) is 1. The van der Waals surface area contributed by atoms with Gasteiger partial charge in [0, 0.05) is 18.3 Å². The Morgan fingerprint density at radius 1 is 1.43 bits per heavy atom. The van der Waals surface area contributed by atoms with E-state index in [1.165, 1.54) is 11.0 Å². The van der Waals surface area contributed by atoms with E-state index in [9.17, 15) is 23.1 Å². The van der Waals surface area contributed by atoms with Crippen LogP contribution in [0.4, 0.5) is 0 Å². The summed E-state index contributed by atoms with van der Waals surface area (Å²) in [5.74, 6) is -1.73. The van der Waals surface area contributed by atoms with E-state index in [2.05, 4.69) is 0 Å². The molecule has 0 bridgehead atoms. The van der Waals surface area contributed by atoms with Crippen LogP contribution in [0.5, 0.6) is 0 Å². The second-order valence-corrected chi connectivity index (χ2v) is 6.14. The largest absolute Gasteiger partial charge is 0.477 e. The Hall–Kier alpha value is -1.91. The second-order valence-electron chi connectivity index (χ2n) is 4.71. The summed E-state index contributed by atoms with van der Waals surface area (Å²) >= 11 is 0. The monoisotopic (exact) mass is 316 g/mol. The Bertz CT molecular complexity index is 681. The Labute approximate surface area is 121 Å². The number of hydrogen-bond acceptors (Lipinski definition) is 5. The highest BCUT2D eigenvalue weighted by Gasteiger charge is 2.34. The van der Waals surface area contributed by atoms with Crippen molar-refractivity contribution in [3.8, 4) is 0 Å². The molecule has 1 fully saturated rings. The summed E-state index contributed by atoms with van der Waals surface area (Å²) < 4.78 is 23.4. The van der Waals surface area contributed by atoms with E-state index in [0.717, 1.165) is 6.20 Å². The minimum Gasteiger partial charge on any atom is -0.477 e. The second kappa shape index (κ2) is 5.47. The van der Waals surface area contributed by atoms with Crippen LogP contribution in [-0.4, -0.2) is 47.4 Å². The van der Waals surface area contributed by atoms with Gasteiger partial charge in [0.25, 0.3) is 0 Å². The van der Waals surface area contributed by atoms with Crippen LogP contribution < -0.4 is 10.9 Å². The summed E-state index contributed by atoms with van der Waals surface area (Å²) in [6.07, 6.45) is 2.31. The van der Waals surface area contributed by atoms with Gasteiger partial charge in [-0.3, -0.25) is 4.79 Å². The van der Waals surface area contributed by atoms with Gasteiger partial charge < -0.3 is 15.7 Å². The van der Waals surface area contributed by atoms with Crippen LogP contribution in [0, 0.1) is 0 Å². The smallest absolute Gasteiger partial charge is 0.353 e. The quantitative estimate of drug-likeness (QED) is 0.639. The van der Waals surface area contributed by atoms with Crippen molar-refractivity contribution < 1.29 is 23.1 Å². The number of aromatic nitrogens is 1. The third kappa shape index (κ3) is 2.77. The van der Waals surface area contributed by atoms with Crippen LogP contribution in [0.25, 0.3) is 0 Å². The van der Waals surface area contributed by atoms with E-state index >= 15 is 0 Å². The molecule has 1 aliphatic heterocycles. The van der Waals surface area contributed by atoms with Gasteiger partial charge in [-0.25, -0.2) is 13.9 Å². The number of carboxylic acids is 1. The first-order valence-electron chi connectivity index (χ1n) is 6.24. The molecule has 10 heteroatoms. The summed E-state index contributed by atoms with van der Waals surface area (Å²) in [7, 11) is -4.22. The molecule has 0 radical (unpaired) electrons.